The van der Waals surface area contributed by atoms with Crippen molar-refractivity contribution in [1.82, 2.24) is 9.62 Å². The van der Waals surface area contributed by atoms with Crippen LogP contribution in [0.2, 0.25) is 0 Å². The van der Waals surface area contributed by atoms with Crippen molar-refractivity contribution < 1.29 is 13.2 Å². The lowest BCUT2D eigenvalue weighted by Crippen LogP contribution is -2.43. The van der Waals surface area contributed by atoms with Gasteiger partial charge in [-0.15, -0.1) is 0 Å². The normalized spacial score (nSPS) is 12.8. The molecule has 1 atom stereocenters. The number of hydrogen-bond donors (Lipinski definition) is 1. The minimum atomic E-state index is -3.81. The highest BCUT2D eigenvalue weighted by atomic mass is 79.9. The molecule has 146 valence electrons. The van der Waals surface area contributed by atoms with Crippen LogP contribution in [0.4, 0.5) is 0 Å². The van der Waals surface area contributed by atoms with Gasteiger partial charge in [0, 0.05) is 17.1 Å². The fourth-order valence-corrected chi connectivity index (χ4v) is 4.11. The van der Waals surface area contributed by atoms with E-state index < -0.39 is 10.0 Å². The molecule has 27 heavy (non-hydrogen) atoms. The molecule has 0 aliphatic rings. The van der Waals surface area contributed by atoms with Crippen molar-refractivity contribution in [2.45, 2.75) is 44.7 Å². The zero-order valence-electron chi connectivity index (χ0n) is 15.8. The third kappa shape index (κ3) is 6.16. The summed E-state index contributed by atoms with van der Waals surface area (Å²) in [5, 5.41) is 2.84. The number of nitrogens with one attached hydrogen (secondary N) is 1. The van der Waals surface area contributed by atoms with E-state index >= 15 is 0 Å². The third-order valence-electron chi connectivity index (χ3n) is 4.27. The number of carbonyl (C=O) groups is 1. The van der Waals surface area contributed by atoms with Crippen LogP contribution in [0.25, 0.3) is 0 Å². The molecule has 0 fully saturated rings. The fourth-order valence-electron chi connectivity index (χ4n) is 2.46. The maximum absolute atomic E-state index is 13.1. The minimum absolute atomic E-state index is 0.00545. The van der Waals surface area contributed by atoms with Gasteiger partial charge < -0.3 is 5.32 Å². The number of nitrogens with zero attached hydrogens (tertiary/aromatic N) is 1. The number of hydrogen-bond acceptors (Lipinski definition) is 3. The van der Waals surface area contributed by atoms with Crippen molar-refractivity contribution in [3.8, 4) is 0 Å². The Labute approximate surface area is 170 Å². The average molecular weight is 453 g/mol. The van der Waals surface area contributed by atoms with Gasteiger partial charge in [-0.25, -0.2) is 8.42 Å². The van der Waals surface area contributed by atoms with Crippen LogP contribution in [0.1, 0.15) is 31.4 Å². The molecule has 0 aromatic heterocycles. The van der Waals surface area contributed by atoms with Gasteiger partial charge in [-0.05, 0) is 50.1 Å². The summed E-state index contributed by atoms with van der Waals surface area (Å²) in [5.41, 5.74) is 1.92. The monoisotopic (exact) mass is 452 g/mol. The lowest BCUT2D eigenvalue weighted by molar-refractivity contribution is -0.122. The van der Waals surface area contributed by atoms with Gasteiger partial charge in [0.25, 0.3) is 0 Å². The minimum Gasteiger partial charge on any atom is -0.353 e. The highest BCUT2D eigenvalue weighted by Crippen LogP contribution is 2.21. The van der Waals surface area contributed by atoms with Crippen LogP contribution in [-0.4, -0.2) is 31.2 Å². The Morgan fingerprint density at radius 3 is 2.26 bits per heavy atom. The molecule has 0 unspecified atom stereocenters. The summed E-state index contributed by atoms with van der Waals surface area (Å²) in [5.74, 6) is -0.308. The van der Waals surface area contributed by atoms with Gasteiger partial charge in [-0.1, -0.05) is 52.7 Å². The smallest absolute Gasteiger partial charge is 0.243 e. The topological polar surface area (TPSA) is 66.5 Å². The third-order valence-corrected chi connectivity index (χ3v) is 6.61. The number of rotatable bonds is 8. The molecule has 0 bridgehead atoms. The first kappa shape index (κ1) is 21.6. The maximum Gasteiger partial charge on any atom is 0.243 e. The van der Waals surface area contributed by atoms with Gasteiger partial charge in [0.1, 0.15) is 0 Å². The zero-order valence-corrected chi connectivity index (χ0v) is 18.2. The first-order valence-corrected chi connectivity index (χ1v) is 11.1. The zero-order chi connectivity index (χ0) is 20.0. The molecule has 2 aromatic carbocycles. The van der Waals surface area contributed by atoms with Crippen LogP contribution in [-0.2, 0) is 21.4 Å². The van der Waals surface area contributed by atoms with Gasteiger partial charge in [-0.2, -0.15) is 4.31 Å². The highest BCUT2D eigenvalue weighted by molar-refractivity contribution is 9.10. The maximum atomic E-state index is 13.1. The van der Waals surface area contributed by atoms with Crippen molar-refractivity contribution in [3.05, 3.63) is 64.1 Å². The summed E-state index contributed by atoms with van der Waals surface area (Å²) in [6.45, 7) is 5.74. The molecule has 0 aliphatic carbocycles. The first-order valence-electron chi connectivity index (χ1n) is 8.83. The SMILES string of the molecule is CC[C@@H](C)NC(=O)CN(Cc1ccc(C)cc1)S(=O)(=O)c1ccc(Br)cc1. The number of benzene rings is 2. The van der Waals surface area contributed by atoms with E-state index in [1.165, 1.54) is 16.4 Å². The summed E-state index contributed by atoms with van der Waals surface area (Å²) < 4.78 is 28.3. The van der Waals surface area contributed by atoms with E-state index in [0.717, 1.165) is 22.0 Å². The first-order chi connectivity index (χ1) is 12.7. The molecule has 1 amide bonds. The fraction of sp³-hybridized carbons (Fsp3) is 0.350. The van der Waals surface area contributed by atoms with Crippen LogP contribution in [0.5, 0.6) is 0 Å². The number of halogens is 1. The molecule has 0 radical (unpaired) electrons. The summed E-state index contributed by atoms with van der Waals surface area (Å²) >= 11 is 3.31. The van der Waals surface area contributed by atoms with Crippen molar-refractivity contribution in [2.75, 3.05) is 6.54 Å². The van der Waals surface area contributed by atoms with Gasteiger partial charge >= 0.3 is 0 Å². The number of aryl methyl sites for hydroxylation is 1. The van der Waals surface area contributed by atoms with Gasteiger partial charge in [-0.3, -0.25) is 4.79 Å². The molecule has 7 heteroatoms. The van der Waals surface area contributed by atoms with Crippen LogP contribution in [0.3, 0.4) is 0 Å². The lowest BCUT2D eigenvalue weighted by Gasteiger charge is -2.23. The van der Waals surface area contributed by atoms with Crippen LogP contribution >= 0.6 is 15.9 Å². The quantitative estimate of drug-likeness (QED) is 0.660. The average Bonchev–Trinajstić information content (AvgIpc) is 2.63. The van der Waals surface area contributed by atoms with E-state index in [9.17, 15) is 13.2 Å². The Kier molecular flexibility index (Phi) is 7.59. The molecule has 1 N–H and O–H groups in total. The molecule has 5 nitrogen and oxygen atoms in total. The number of amides is 1. The summed E-state index contributed by atoms with van der Waals surface area (Å²) in [6.07, 6.45) is 0.781. The van der Waals surface area contributed by atoms with E-state index in [2.05, 4.69) is 21.2 Å². The molecular weight excluding hydrogens is 428 g/mol. The standard InChI is InChI=1S/C20H25BrN2O3S/c1-4-16(3)22-20(24)14-23(13-17-7-5-15(2)6-8-17)27(25,26)19-11-9-18(21)10-12-19/h5-12,16H,4,13-14H2,1-3H3,(H,22,24)/t16-/m1/s1. The Bertz CT molecular complexity index is 865. The van der Waals surface area contributed by atoms with E-state index in [-0.39, 0.29) is 29.9 Å². The summed E-state index contributed by atoms with van der Waals surface area (Å²) in [7, 11) is -3.81. The molecule has 0 spiro atoms. The predicted molar refractivity (Wildman–Crippen MR) is 111 cm³/mol. The van der Waals surface area contributed by atoms with E-state index in [1.807, 2.05) is 45.0 Å². The van der Waals surface area contributed by atoms with Crippen molar-refractivity contribution in [1.29, 1.82) is 0 Å². The Hall–Kier alpha value is -1.70. The van der Waals surface area contributed by atoms with Crippen LogP contribution in [0.15, 0.2) is 57.9 Å². The Morgan fingerprint density at radius 2 is 1.70 bits per heavy atom. The second-order valence-corrected chi connectivity index (χ2v) is 9.44. The van der Waals surface area contributed by atoms with Crippen molar-refractivity contribution >= 4 is 31.9 Å². The molecule has 0 aliphatic heterocycles. The Morgan fingerprint density at radius 1 is 1.11 bits per heavy atom. The van der Waals surface area contributed by atoms with Gasteiger partial charge in [0.15, 0.2) is 0 Å². The molecule has 0 saturated heterocycles. The number of sulfonamides is 1. The second-order valence-electron chi connectivity index (χ2n) is 6.59. The predicted octanol–water partition coefficient (Wildman–Crippen LogP) is 3.86. The lowest BCUT2D eigenvalue weighted by atomic mass is 10.1. The largest absolute Gasteiger partial charge is 0.353 e. The highest BCUT2D eigenvalue weighted by Gasteiger charge is 2.27. The van der Waals surface area contributed by atoms with E-state index in [4.69, 9.17) is 0 Å². The van der Waals surface area contributed by atoms with Crippen molar-refractivity contribution in [3.63, 3.8) is 0 Å². The molecule has 2 aromatic rings. The molecule has 2 rings (SSSR count). The molecule has 0 saturated carbocycles. The van der Waals surface area contributed by atoms with Crippen LogP contribution in [0, 0.1) is 6.92 Å². The van der Waals surface area contributed by atoms with Gasteiger partial charge in [0.05, 0.1) is 11.4 Å². The van der Waals surface area contributed by atoms with E-state index in [1.54, 1.807) is 12.1 Å². The molecular formula is C20H25BrN2O3S. The number of carbonyl (C=O) groups excluding carboxylic acids is 1. The van der Waals surface area contributed by atoms with Crippen molar-refractivity contribution in [2.24, 2.45) is 0 Å². The molecule has 0 heterocycles. The van der Waals surface area contributed by atoms with E-state index in [0.29, 0.717) is 0 Å². The summed E-state index contributed by atoms with van der Waals surface area (Å²) in [6, 6.07) is 14.0. The van der Waals surface area contributed by atoms with Gasteiger partial charge in [0.2, 0.25) is 15.9 Å². The second kappa shape index (κ2) is 9.48. The van der Waals surface area contributed by atoms with Crippen LogP contribution < -0.4 is 5.32 Å². The Balaban J connectivity index is 2.31. The summed E-state index contributed by atoms with van der Waals surface area (Å²) in [4.78, 5) is 12.5.